The predicted octanol–water partition coefficient (Wildman–Crippen LogP) is 4.75. The first-order chi connectivity index (χ1) is 20.1. The largest absolute Gasteiger partial charge is 0.494 e. The number of nitrogens with one attached hydrogen (secondary N) is 2. The molecule has 0 saturated carbocycles. The van der Waals surface area contributed by atoms with Crippen molar-refractivity contribution >= 4 is 39.1 Å². The minimum absolute atomic E-state index is 0.500. The van der Waals surface area contributed by atoms with E-state index in [9.17, 15) is 0 Å². The molecule has 3 aromatic heterocycles. The molecule has 6 aromatic rings. The summed E-state index contributed by atoms with van der Waals surface area (Å²) < 4.78 is 9.49. The molecule has 0 amide bonds. The highest BCUT2D eigenvalue weighted by Crippen LogP contribution is 2.36. The van der Waals surface area contributed by atoms with E-state index in [0.717, 1.165) is 87.5 Å². The van der Waals surface area contributed by atoms with Gasteiger partial charge in [0.15, 0.2) is 0 Å². The van der Waals surface area contributed by atoms with Crippen molar-refractivity contribution in [2.75, 3.05) is 43.5 Å². The summed E-state index contributed by atoms with van der Waals surface area (Å²) in [6.07, 6.45) is 5.75. The predicted molar refractivity (Wildman–Crippen MR) is 163 cm³/mol. The van der Waals surface area contributed by atoms with E-state index in [0.29, 0.717) is 5.95 Å². The van der Waals surface area contributed by atoms with Gasteiger partial charge in [-0.15, -0.1) is 0 Å². The fourth-order valence-electron chi connectivity index (χ4n) is 5.58. The molecular formula is C31H31N9O. The highest BCUT2D eigenvalue weighted by molar-refractivity contribution is 6.11. The topological polar surface area (TPSA) is 98.0 Å². The zero-order valence-electron chi connectivity index (χ0n) is 23.3. The Kier molecular flexibility index (Phi) is 6.24. The zero-order chi connectivity index (χ0) is 27.9. The summed E-state index contributed by atoms with van der Waals surface area (Å²) >= 11 is 0. The molecule has 1 aliphatic rings. The summed E-state index contributed by atoms with van der Waals surface area (Å²) in [5.41, 5.74) is 7.95. The smallest absolute Gasteiger partial charge is 0.227 e. The monoisotopic (exact) mass is 545 g/mol. The maximum atomic E-state index is 5.75. The van der Waals surface area contributed by atoms with Gasteiger partial charge >= 0.3 is 0 Å². The van der Waals surface area contributed by atoms with Gasteiger partial charge in [0.05, 0.1) is 41.1 Å². The van der Waals surface area contributed by atoms with Crippen molar-refractivity contribution in [3.05, 3.63) is 73.2 Å². The van der Waals surface area contributed by atoms with E-state index in [1.54, 1.807) is 7.11 Å². The summed E-state index contributed by atoms with van der Waals surface area (Å²) in [5, 5.41) is 17.8. The molecule has 41 heavy (non-hydrogen) atoms. The number of methoxy groups -OCH3 is 1. The second kappa shape index (κ2) is 10.2. The van der Waals surface area contributed by atoms with Crippen molar-refractivity contribution in [3.63, 3.8) is 0 Å². The van der Waals surface area contributed by atoms with Gasteiger partial charge in [0.2, 0.25) is 5.95 Å². The van der Waals surface area contributed by atoms with Crippen LogP contribution in [0.4, 0.5) is 17.3 Å². The van der Waals surface area contributed by atoms with Gasteiger partial charge in [0, 0.05) is 80.9 Å². The molecule has 1 fully saturated rings. The van der Waals surface area contributed by atoms with Crippen LogP contribution in [0.25, 0.3) is 44.2 Å². The summed E-state index contributed by atoms with van der Waals surface area (Å²) in [6.45, 7) is 3.90. The normalized spacial score (nSPS) is 13.7. The number of hydrogen-bond donors (Lipinski definition) is 2. The van der Waals surface area contributed by atoms with Crippen LogP contribution in [0.15, 0.2) is 73.2 Å². The van der Waals surface area contributed by atoms with Gasteiger partial charge in [-0.2, -0.15) is 10.2 Å². The quantitative estimate of drug-likeness (QED) is 0.310. The Morgan fingerprint density at radius 1 is 0.902 bits per heavy atom. The Labute approximate surface area is 237 Å². The Morgan fingerprint density at radius 3 is 2.46 bits per heavy atom. The first-order valence-corrected chi connectivity index (χ1v) is 13.7. The molecule has 0 unspecified atom stereocenters. The number of piperazine rings is 1. The lowest BCUT2D eigenvalue weighted by Gasteiger charge is -2.30. The van der Waals surface area contributed by atoms with Gasteiger partial charge in [-0.3, -0.25) is 9.36 Å². The molecule has 7 rings (SSSR count). The average molecular weight is 546 g/mol. The van der Waals surface area contributed by atoms with Crippen LogP contribution in [-0.2, 0) is 14.1 Å². The van der Waals surface area contributed by atoms with Gasteiger partial charge in [-0.05, 0) is 29.8 Å². The molecule has 10 heteroatoms. The SMILES string of the molecule is COc1cc(N2CCNCC2)ccc1Nc1ncc2ccc3nn(C)c(-c4ccc(-c5cnn(C)c5)cc4)c3c2n1. The number of nitrogens with zero attached hydrogens (tertiary/aromatic N) is 7. The number of rotatable bonds is 6. The number of aryl methyl sites for hydroxylation is 2. The molecule has 1 saturated heterocycles. The number of ether oxygens (including phenoxy) is 1. The minimum atomic E-state index is 0.500. The maximum Gasteiger partial charge on any atom is 0.227 e. The van der Waals surface area contributed by atoms with Crippen LogP contribution in [0.2, 0.25) is 0 Å². The highest BCUT2D eigenvalue weighted by atomic mass is 16.5. The zero-order valence-corrected chi connectivity index (χ0v) is 23.3. The van der Waals surface area contributed by atoms with E-state index >= 15 is 0 Å². The van der Waals surface area contributed by atoms with Crippen LogP contribution in [0, 0.1) is 0 Å². The van der Waals surface area contributed by atoms with Gasteiger partial charge in [-0.25, -0.2) is 9.97 Å². The number of fused-ring (bicyclic) bond motifs is 3. The van der Waals surface area contributed by atoms with E-state index in [2.05, 4.69) is 62.0 Å². The van der Waals surface area contributed by atoms with Crippen LogP contribution in [-0.4, -0.2) is 62.8 Å². The summed E-state index contributed by atoms with van der Waals surface area (Å²) in [7, 11) is 5.59. The Bertz CT molecular complexity index is 1870. The Hall–Kier alpha value is -4.96. The highest BCUT2D eigenvalue weighted by Gasteiger charge is 2.18. The third kappa shape index (κ3) is 4.62. The molecule has 0 aliphatic carbocycles. The van der Waals surface area contributed by atoms with Gasteiger partial charge in [0.1, 0.15) is 5.75 Å². The molecule has 10 nitrogen and oxygen atoms in total. The van der Waals surface area contributed by atoms with E-state index in [1.165, 1.54) is 0 Å². The molecule has 3 aromatic carbocycles. The van der Waals surface area contributed by atoms with E-state index in [4.69, 9.17) is 14.8 Å². The summed E-state index contributed by atoms with van der Waals surface area (Å²) in [4.78, 5) is 12.0. The van der Waals surface area contributed by atoms with Crippen molar-refractivity contribution in [2.45, 2.75) is 0 Å². The second-order valence-corrected chi connectivity index (χ2v) is 10.3. The third-order valence-electron chi connectivity index (χ3n) is 7.66. The Morgan fingerprint density at radius 2 is 1.71 bits per heavy atom. The van der Waals surface area contributed by atoms with E-state index in [-0.39, 0.29) is 0 Å². The second-order valence-electron chi connectivity index (χ2n) is 10.3. The van der Waals surface area contributed by atoms with E-state index in [1.807, 2.05) is 60.2 Å². The molecule has 1 aliphatic heterocycles. The number of benzene rings is 3. The van der Waals surface area contributed by atoms with Gasteiger partial charge in [-0.1, -0.05) is 24.3 Å². The van der Waals surface area contributed by atoms with Crippen LogP contribution in [0.1, 0.15) is 0 Å². The van der Waals surface area contributed by atoms with Crippen LogP contribution in [0.3, 0.4) is 0 Å². The molecule has 4 heterocycles. The van der Waals surface area contributed by atoms with Crippen molar-refractivity contribution in [2.24, 2.45) is 14.1 Å². The fraction of sp³-hybridized carbons (Fsp3) is 0.226. The molecule has 2 N–H and O–H groups in total. The van der Waals surface area contributed by atoms with Crippen molar-refractivity contribution in [3.8, 4) is 28.1 Å². The van der Waals surface area contributed by atoms with Crippen LogP contribution in [0.5, 0.6) is 5.75 Å². The molecule has 206 valence electrons. The molecule has 0 atom stereocenters. The maximum absolute atomic E-state index is 5.75. The average Bonchev–Trinajstić information content (AvgIpc) is 3.60. The van der Waals surface area contributed by atoms with E-state index < -0.39 is 0 Å². The first kappa shape index (κ1) is 25.0. The molecule has 0 spiro atoms. The summed E-state index contributed by atoms with van der Waals surface area (Å²) in [6, 6.07) is 18.8. The van der Waals surface area contributed by atoms with Gasteiger partial charge < -0.3 is 20.3 Å². The molecule has 0 radical (unpaired) electrons. The van der Waals surface area contributed by atoms with Crippen molar-refractivity contribution < 1.29 is 4.74 Å². The third-order valence-corrected chi connectivity index (χ3v) is 7.66. The van der Waals surface area contributed by atoms with Crippen LogP contribution >= 0.6 is 0 Å². The van der Waals surface area contributed by atoms with Gasteiger partial charge in [0.25, 0.3) is 0 Å². The first-order valence-electron chi connectivity index (χ1n) is 13.7. The van der Waals surface area contributed by atoms with Crippen molar-refractivity contribution in [1.82, 2.24) is 34.8 Å². The number of aromatic nitrogens is 6. The molecular weight excluding hydrogens is 514 g/mol. The van der Waals surface area contributed by atoms with Crippen molar-refractivity contribution in [1.29, 1.82) is 0 Å². The Balaban J connectivity index is 1.26. The number of anilines is 3. The number of hydrogen-bond acceptors (Lipinski definition) is 8. The lowest BCUT2D eigenvalue weighted by molar-refractivity contribution is 0.416. The lowest BCUT2D eigenvalue weighted by Crippen LogP contribution is -2.43. The minimum Gasteiger partial charge on any atom is -0.494 e. The standard InChI is InChI=1S/C31H31N9O/c1-38-19-23(18-34-38)20-4-6-21(7-5-20)30-28-26(37-39(30)2)10-8-22-17-33-31(36-29(22)28)35-25-11-9-24(16-27(25)41-3)40-14-12-32-13-15-40/h4-11,16-19,32H,12-15H2,1-3H3,(H,33,35,36). The van der Waals surface area contributed by atoms with Crippen LogP contribution < -0.4 is 20.3 Å². The summed E-state index contributed by atoms with van der Waals surface area (Å²) in [5.74, 6) is 1.25. The molecule has 0 bridgehead atoms. The lowest BCUT2D eigenvalue weighted by atomic mass is 10.0. The fourth-order valence-corrected chi connectivity index (χ4v) is 5.58.